The van der Waals surface area contributed by atoms with Gasteiger partial charge in [-0.2, -0.15) is 0 Å². The van der Waals surface area contributed by atoms with Crippen molar-refractivity contribution in [2.24, 2.45) is 5.92 Å². The van der Waals surface area contributed by atoms with Gasteiger partial charge in [0, 0.05) is 17.3 Å². The average Bonchev–Trinajstić information content (AvgIpc) is 2.37. The van der Waals surface area contributed by atoms with Crippen LogP contribution < -0.4 is 5.32 Å². The topological polar surface area (TPSA) is 64.6 Å². The molecule has 0 fully saturated rings. The molecule has 5 nitrogen and oxygen atoms in total. The van der Waals surface area contributed by atoms with E-state index >= 15 is 0 Å². The first-order chi connectivity index (χ1) is 8.97. The third kappa shape index (κ3) is 2.86. The standard InChI is InChI=1S/C14H19NO4/c1-6-7-10-11(13(16)18-4)8(2)15-9(3)12(10)14(17)19-5/h6-7,10,15H,1-5H3/b7-6-. The van der Waals surface area contributed by atoms with Gasteiger partial charge in [0.25, 0.3) is 0 Å². The maximum atomic E-state index is 11.9. The van der Waals surface area contributed by atoms with Crippen molar-refractivity contribution in [1.29, 1.82) is 0 Å². The van der Waals surface area contributed by atoms with E-state index in [1.165, 1.54) is 14.2 Å². The molecule has 0 saturated heterocycles. The van der Waals surface area contributed by atoms with Gasteiger partial charge in [0.15, 0.2) is 0 Å². The van der Waals surface area contributed by atoms with Crippen LogP contribution in [0.3, 0.4) is 0 Å². The van der Waals surface area contributed by atoms with Crippen LogP contribution in [-0.2, 0) is 19.1 Å². The SMILES string of the molecule is C/C=C\C1C(C(=O)OC)=C(C)NC(C)=C1C(=O)OC. The first kappa shape index (κ1) is 15.0. The van der Waals surface area contributed by atoms with Crippen LogP contribution >= 0.6 is 0 Å². The molecule has 0 aliphatic carbocycles. The lowest BCUT2D eigenvalue weighted by molar-refractivity contribution is -0.137. The van der Waals surface area contributed by atoms with Gasteiger partial charge >= 0.3 is 11.9 Å². The zero-order valence-electron chi connectivity index (χ0n) is 11.9. The zero-order chi connectivity index (χ0) is 14.6. The van der Waals surface area contributed by atoms with Crippen molar-refractivity contribution < 1.29 is 19.1 Å². The van der Waals surface area contributed by atoms with E-state index in [0.717, 1.165) is 0 Å². The first-order valence-electron chi connectivity index (χ1n) is 5.95. The lowest BCUT2D eigenvalue weighted by Gasteiger charge is -2.27. The summed E-state index contributed by atoms with van der Waals surface area (Å²) in [5.74, 6) is -1.37. The maximum Gasteiger partial charge on any atom is 0.336 e. The van der Waals surface area contributed by atoms with Gasteiger partial charge in [0.1, 0.15) is 0 Å². The van der Waals surface area contributed by atoms with E-state index in [2.05, 4.69) is 5.32 Å². The molecule has 0 unspecified atom stereocenters. The van der Waals surface area contributed by atoms with Crippen molar-refractivity contribution in [1.82, 2.24) is 5.32 Å². The first-order valence-corrected chi connectivity index (χ1v) is 5.95. The average molecular weight is 265 g/mol. The summed E-state index contributed by atoms with van der Waals surface area (Å²) in [5.41, 5.74) is 2.21. The van der Waals surface area contributed by atoms with Crippen LogP contribution in [0.5, 0.6) is 0 Å². The van der Waals surface area contributed by atoms with Gasteiger partial charge in [0.2, 0.25) is 0 Å². The molecule has 1 heterocycles. The van der Waals surface area contributed by atoms with Crippen molar-refractivity contribution in [3.05, 3.63) is 34.7 Å². The summed E-state index contributed by atoms with van der Waals surface area (Å²) in [6.45, 7) is 5.39. The molecule has 0 saturated carbocycles. The Bertz CT molecular complexity index is 448. The predicted octanol–water partition coefficient (Wildman–Crippen LogP) is 1.68. The second-order valence-electron chi connectivity index (χ2n) is 4.19. The molecule has 1 aliphatic heterocycles. The number of dihydropyridines is 1. The third-order valence-corrected chi connectivity index (χ3v) is 3.00. The summed E-state index contributed by atoms with van der Waals surface area (Å²) >= 11 is 0. The monoisotopic (exact) mass is 265 g/mol. The second-order valence-corrected chi connectivity index (χ2v) is 4.19. The van der Waals surface area contributed by atoms with Crippen molar-refractivity contribution in [3.8, 4) is 0 Å². The lowest BCUT2D eigenvalue weighted by Crippen LogP contribution is -2.32. The molecule has 1 N–H and O–H groups in total. The predicted molar refractivity (Wildman–Crippen MR) is 70.9 cm³/mol. The molecule has 0 aromatic carbocycles. The quantitative estimate of drug-likeness (QED) is 0.621. The highest BCUT2D eigenvalue weighted by atomic mass is 16.5. The summed E-state index contributed by atoms with van der Waals surface area (Å²) in [5, 5.41) is 3.02. The normalized spacial score (nSPS) is 16.7. The minimum atomic E-state index is -0.456. The Morgan fingerprint density at radius 1 is 1.05 bits per heavy atom. The van der Waals surface area contributed by atoms with Crippen LogP contribution in [0.1, 0.15) is 20.8 Å². The number of carbonyl (C=O) groups is 2. The second kappa shape index (κ2) is 6.22. The van der Waals surface area contributed by atoms with E-state index in [1.807, 2.05) is 6.92 Å². The fraction of sp³-hybridized carbons (Fsp3) is 0.429. The van der Waals surface area contributed by atoms with Crippen molar-refractivity contribution >= 4 is 11.9 Å². The highest BCUT2D eigenvalue weighted by Gasteiger charge is 2.34. The van der Waals surface area contributed by atoms with E-state index in [-0.39, 0.29) is 0 Å². The Labute approximate surface area is 113 Å². The highest BCUT2D eigenvalue weighted by molar-refractivity contribution is 5.98. The molecule has 19 heavy (non-hydrogen) atoms. The van der Waals surface area contributed by atoms with Crippen molar-refractivity contribution in [2.75, 3.05) is 14.2 Å². The Hall–Kier alpha value is -2.04. The minimum absolute atomic E-state index is 0.423. The molecule has 0 aromatic rings. The van der Waals surface area contributed by atoms with E-state index in [9.17, 15) is 9.59 Å². The highest BCUT2D eigenvalue weighted by Crippen LogP contribution is 2.32. The molecule has 0 amide bonds. The molecule has 0 spiro atoms. The van der Waals surface area contributed by atoms with Gasteiger partial charge in [0.05, 0.1) is 25.4 Å². The molecule has 5 heteroatoms. The Kier molecular flexibility index (Phi) is 4.92. The fourth-order valence-electron chi connectivity index (χ4n) is 2.19. The lowest BCUT2D eigenvalue weighted by atomic mass is 9.85. The largest absolute Gasteiger partial charge is 0.466 e. The van der Waals surface area contributed by atoms with E-state index < -0.39 is 17.9 Å². The van der Waals surface area contributed by atoms with Crippen LogP contribution in [0, 0.1) is 5.92 Å². The Morgan fingerprint density at radius 3 is 1.79 bits per heavy atom. The van der Waals surface area contributed by atoms with Crippen molar-refractivity contribution in [2.45, 2.75) is 20.8 Å². The Morgan fingerprint density at radius 2 is 1.47 bits per heavy atom. The fourth-order valence-corrected chi connectivity index (χ4v) is 2.19. The number of methoxy groups -OCH3 is 2. The van der Waals surface area contributed by atoms with Gasteiger partial charge in [-0.05, 0) is 20.8 Å². The van der Waals surface area contributed by atoms with E-state index in [0.29, 0.717) is 22.5 Å². The van der Waals surface area contributed by atoms with Crippen LogP contribution in [0.25, 0.3) is 0 Å². The number of hydrogen-bond donors (Lipinski definition) is 1. The molecule has 0 atom stereocenters. The van der Waals surface area contributed by atoms with E-state index in [4.69, 9.17) is 9.47 Å². The van der Waals surface area contributed by atoms with Crippen molar-refractivity contribution in [3.63, 3.8) is 0 Å². The summed E-state index contributed by atoms with van der Waals surface area (Å²) < 4.78 is 9.58. The number of rotatable bonds is 3. The van der Waals surface area contributed by atoms with Gasteiger partial charge < -0.3 is 14.8 Å². The molecule has 104 valence electrons. The summed E-state index contributed by atoms with van der Waals surface area (Å²) in [4.78, 5) is 23.8. The van der Waals surface area contributed by atoms with Crippen LogP contribution in [0.15, 0.2) is 34.7 Å². The van der Waals surface area contributed by atoms with Gasteiger partial charge in [-0.1, -0.05) is 12.2 Å². The molecule has 0 radical (unpaired) electrons. The van der Waals surface area contributed by atoms with Gasteiger partial charge in [-0.15, -0.1) is 0 Å². The maximum absolute atomic E-state index is 11.9. The number of allylic oxidation sites excluding steroid dienone is 4. The zero-order valence-corrected chi connectivity index (χ0v) is 11.9. The molecular formula is C14H19NO4. The number of carbonyl (C=O) groups excluding carboxylic acids is 2. The molecular weight excluding hydrogens is 246 g/mol. The number of hydrogen-bond acceptors (Lipinski definition) is 5. The summed E-state index contributed by atoms with van der Waals surface area (Å²) in [6, 6.07) is 0. The number of ether oxygens (including phenoxy) is 2. The smallest absolute Gasteiger partial charge is 0.336 e. The van der Waals surface area contributed by atoms with E-state index in [1.54, 1.807) is 26.0 Å². The molecule has 1 aliphatic rings. The Balaban J connectivity index is 3.37. The van der Waals surface area contributed by atoms with Crippen LogP contribution in [0.2, 0.25) is 0 Å². The van der Waals surface area contributed by atoms with Gasteiger partial charge in [-0.25, -0.2) is 9.59 Å². The molecule has 0 aromatic heterocycles. The molecule has 1 rings (SSSR count). The third-order valence-electron chi connectivity index (χ3n) is 3.00. The van der Waals surface area contributed by atoms with Crippen LogP contribution in [0.4, 0.5) is 0 Å². The van der Waals surface area contributed by atoms with Crippen LogP contribution in [-0.4, -0.2) is 26.2 Å². The molecule has 0 bridgehead atoms. The van der Waals surface area contributed by atoms with Gasteiger partial charge in [-0.3, -0.25) is 0 Å². The summed E-state index contributed by atoms with van der Waals surface area (Å²) in [6.07, 6.45) is 3.58. The minimum Gasteiger partial charge on any atom is -0.466 e. The number of esters is 2. The summed E-state index contributed by atoms with van der Waals surface area (Å²) in [7, 11) is 2.64. The number of nitrogens with one attached hydrogen (secondary N) is 1.